The average molecular weight is 437 g/mol. The highest BCUT2D eigenvalue weighted by Gasteiger charge is 2.47. The van der Waals surface area contributed by atoms with E-state index in [2.05, 4.69) is 5.10 Å². The minimum atomic E-state index is -0.533. The molecule has 0 saturated carbocycles. The number of H-pyrrole nitrogens is 1. The number of para-hydroxylation sites is 2. The van der Waals surface area contributed by atoms with Gasteiger partial charge in [0.2, 0.25) is 0 Å². The first-order chi connectivity index (χ1) is 16.0. The molecule has 0 saturated heterocycles. The van der Waals surface area contributed by atoms with Gasteiger partial charge in [0.05, 0.1) is 16.9 Å². The molecule has 2 amide bonds. The van der Waals surface area contributed by atoms with Crippen molar-refractivity contribution in [3.63, 3.8) is 0 Å². The Morgan fingerprint density at radius 1 is 0.758 bits per heavy atom. The van der Waals surface area contributed by atoms with Crippen molar-refractivity contribution in [1.29, 1.82) is 0 Å². The summed E-state index contributed by atoms with van der Waals surface area (Å²) in [4.78, 5) is 42.0. The van der Waals surface area contributed by atoms with Crippen LogP contribution in [0.15, 0.2) is 90.0 Å². The normalized spacial score (nSPS) is 13.8. The number of pyridine rings is 1. The van der Waals surface area contributed by atoms with Crippen LogP contribution in [0.4, 0.5) is 5.69 Å². The van der Waals surface area contributed by atoms with Crippen LogP contribution in [-0.4, -0.2) is 21.6 Å². The minimum absolute atomic E-state index is 0.0767. The monoisotopic (exact) mass is 437 g/mol. The molecule has 4 aromatic rings. The number of aryl methyl sites for hydroxylation is 2. The minimum Gasteiger partial charge on any atom is -0.295 e. The Balaban J connectivity index is 1.77. The Bertz CT molecular complexity index is 1480. The van der Waals surface area contributed by atoms with E-state index >= 15 is 0 Å². The molecule has 1 N–H and O–H groups in total. The first kappa shape index (κ1) is 20.4. The third kappa shape index (κ3) is 3.30. The molecule has 0 bridgehead atoms. The van der Waals surface area contributed by atoms with Crippen LogP contribution in [0.2, 0.25) is 0 Å². The molecule has 5 rings (SSSR count). The summed E-state index contributed by atoms with van der Waals surface area (Å²) in [6.07, 6.45) is 3.48. The van der Waals surface area contributed by atoms with Gasteiger partial charge in [-0.05, 0) is 44.2 Å². The van der Waals surface area contributed by atoms with Gasteiger partial charge in [-0.2, -0.15) is 4.57 Å². The number of aromatic nitrogens is 3. The Morgan fingerprint density at radius 2 is 1.39 bits per heavy atom. The molecule has 0 aliphatic carbocycles. The van der Waals surface area contributed by atoms with Gasteiger partial charge in [0.15, 0.2) is 12.4 Å². The van der Waals surface area contributed by atoms with E-state index in [1.165, 1.54) is 4.68 Å². The molecule has 0 spiro atoms. The van der Waals surface area contributed by atoms with Crippen LogP contribution >= 0.6 is 0 Å². The van der Waals surface area contributed by atoms with Crippen molar-refractivity contribution in [2.45, 2.75) is 13.8 Å². The second kappa shape index (κ2) is 7.87. The fourth-order valence-electron chi connectivity index (χ4n) is 4.13. The Hall–Kier alpha value is -4.52. The van der Waals surface area contributed by atoms with Gasteiger partial charge >= 0.3 is 5.91 Å². The Labute approximate surface area is 189 Å². The largest absolute Gasteiger partial charge is 0.331 e. The average Bonchev–Trinajstić information content (AvgIpc) is 3.26. The first-order valence-electron chi connectivity index (χ1n) is 10.5. The topological polar surface area (TPSA) is 79.1 Å². The summed E-state index contributed by atoms with van der Waals surface area (Å²) in [5.74, 6) is -1.02. The molecule has 0 unspecified atom stereocenters. The highest BCUT2D eigenvalue weighted by molar-refractivity contribution is 6.53. The second-order valence-electron chi connectivity index (χ2n) is 7.88. The molecule has 0 atom stereocenters. The molecule has 162 valence electrons. The van der Waals surface area contributed by atoms with Crippen molar-refractivity contribution in [3.8, 4) is 5.69 Å². The zero-order valence-corrected chi connectivity index (χ0v) is 18.1. The highest BCUT2D eigenvalue weighted by Crippen LogP contribution is 2.33. The third-order valence-corrected chi connectivity index (χ3v) is 5.62. The number of hydrogen-bond acceptors (Lipinski definition) is 3. The van der Waals surface area contributed by atoms with E-state index in [1.807, 2.05) is 37.3 Å². The predicted molar refractivity (Wildman–Crippen MR) is 125 cm³/mol. The second-order valence-corrected chi connectivity index (χ2v) is 7.88. The molecule has 0 radical (unpaired) electrons. The van der Waals surface area contributed by atoms with Crippen LogP contribution in [0.3, 0.4) is 0 Å². The lowest BCUT2D eigenvalue weighted by molar-refractivity contribution is -0.577. The molecule has 2 aromatic carbocycles. The SMILES string of the molecule is Cc1ccc[n+](C2=C(c3c(C)[nH]n(-c4ccccc4)c3=O)C(=O)N(c3ccccc3)C2=O)c1. The van der Waals surface area contributed by atoms with E-state index in [0.717, 1.165) is 10.5 Å². The molecular formula is C26H21N4O3+. The van der Waals surface area contributed by atoms with E-state index in [-0.39, 0.29) is 16.8 Å². The van der Waals surface area contributed by atoms with Crippen molar-refractivity contribution in [1.82, 2.24) is 9.78 Å². The van der Waals surface area contributed by atoms with Crippen molar-refractivity contribution in [3.05, 3.63) is 112 Å². The summed E-state index contributed by atoms with van der Waals surface area (Å²) < 4.78 is 3.01. The number of carbonyl (C=O) groups excluding carboxylic acids is 2. The number of hydrogen-bond donors (Lipinski definition) is 1. The lowest BCUT2D eigenvalue weighted by Gasteiger charge is -2.13. The smallest absolute Gasteiger partial charge is 0.295 e. The Morgan fingerprint density at radius 3 is 2.03 bits per heavy atom. The number of rotatable bonds is 4. The van der Waals surface area contributed by atoms with Gasteiger partial charge in [-0.15, -0.1) is 0 Å². The first-order valence-corrected chi connectivity index (χ1v) is 10.5. The van der Waals surface area contributed by atoms with Gasteiger partial charge in [0.25, 0.3) is 17.2 Å². The fourth-order valence-corrected chi connectivity index (χ4v) is 4.13. The van der Waals surface area contributed by atoms with Crippen LogP contribution in [0.5, 0.6) is 0 Å². The number of nitrogens with zero attached hydrogens (tertiary/aromatic N) is 3. The zero-order valence-electron chi connectivity index (χ0n) is 18.1. The number of imide groups is 1. The number of amides is 2. The van der Waals surface area contributed by atoms with E-state index in [1.54, 1.807) is 66.3 Å². The van der Waals surface area contributed by atoms with Crippen LogP contribution in [0.1, 0.15) is 16.8 Å². The van der Waals surface area contributed by atoms with Crippen LogP contribution in [-0.2, 0) is 9.59 Å². The predicted octanol–water partition coefficient (Wildman–Crippen LogP) is 3.01. The van der Waals surface area contributed by atoms with Crippen LogP contribution in [0, 0.1) is 13.8 Å². The quantitative estimate of drug-likeness (QED) is 0.394. The van der Waals surface area contributed by atoms with Crippen LogP contribution < -0.4 is 15.0 Å². The molecule has 7 nitrogen and oxygen atoms in total. The molecule has 3 heterocycles. The van der Waals surface area contributed by atoms with E-state index in [0.29, 0.717) is 17.1 Å². The third-order valence-electron chi connectivity index (χ3n) is 5.62. The summed E-state index contributed by atoms with van der Waals surface area (Å²) in [5, 5.41) is 3.06. The number of benzene rings is 2. The number of aromatic amines is 1. The lowest BCUT2D eigenvalue weighted by atomic mass is 10.1. The van der Waals surface area contributed by atoms with E-state index in [9.17, 15) is 14.4 Å². The number of carbonyl (C=O) groups is 2. The van der Waals surface area contributed by atoms with Crippen molar-refractivity contribution < 1.29 is 14.2 Å². The summed E-state index contributed by atoms with van der Waals surface area (Å²) in [7, 11) is 0. The fraction of sp³-hybridized carbons (Fsp3) is 0.0769. The molecule has 33 heavy (non-hydrogen) atoms. The van der Waals surface area contributed by atoms with E-state index in [4.69, 9.17) is 0 Å². The molecule has 0 fully saturated rings. The van der Waals surface area contributed by atoms with Crippen LogP contribution in [0.25, 0.3) is 17.0 Å². The van der Waals surface area contributed by atoms with Crippen molar-refractivity contribution in [2.24, 2.45) is 0 Å². The molecule has 2 aromatic heterocycles. The molecule has 1 aliphatic heterocycles. The summed E-state index contributed by atoms with van der Waals surface area (Å²) >= 11 is 0. The van der Waals surface area contributed by atoms with E-state index < -0.39 is 17.4 Å². The number of anilines is 1. The highest BCUT2D eigenvalue weighted by atomic mass is 16.2. The van der Waals surface area contributed by atoms with Gasteiger partial charge < -0.3 is 0 Å². The maximum atomic E-state index is 13.7. The Kier molecular flexibility index (Phi) is 4.86. The zero-order chi connectivity index (χ0) is 23.1. The van der Waals surface area contributed by atoms with Gasteiger partial charge in [0, 0.05) is 17.3 Å². The van der Waals surface area contributed by atoms with Crippen molar-refractivity contribution >= 4 is 28.8 Å². The molecular weight excluding hydrogens is 416 g/mol. The summed E-state index contributed by atoms with van der Waals surface area (Å²) in [6, 6.07) is 21.5. The maximum absolute atomic E-state index is 13.7. The standard InChI is InChI=1S/C26H20N4O3/c1-17-10-9-15-28(16-17)23-22(24(31)29(26(23)33)19-11-5-3-6-12-19)21-18(2)27-30(25(21)32)20-13-7-4-8-14-20/h3-16H,1-2H3/p+1. The molecule has 1 aliphatic rings. The van der Waals surface area contributed by atoms with Gasteiger partial charge in [-0.1, -0.05) is 36.4 Å². The summed E-state index contributed by atoms with van der Waals surface area (Å²) in [5.41, 5.74) is 2.51. The van der Waals surface area contributed by atoms with Gasteiger partial charge in [-0.25, -0.2) is 9.58 Å². The van der Waals surface area contributed by atoms with Crippen molar-refractivity contribution in [2.75, 3.05) is 4.90 Å². The van der Waals surface area contributed by atoms with Gasteiger partial charge in [-0.3, -0.25) is 19.5 Å². The lowest BCUT2D eigenvalue weighted by Crippen LogP contribution is -2.39. The summed E-state index contributed by atoms with van der Waals surface area (Å²) in [6.45, 7) is 3.63. The van der Waals surface area contributed by atoms with Gasteiger partial charge in [0.1, 0.15) is 5.57 Å². The molecule has 7 heteroatoms. The number of nitrogens with one attached hydrogen (secondary N) is 1. The maximum Gasteiger partial charge on any atom is 0.331 e.